The molecule has 0 aliphatic carbocycles. The van der Waals surface area contributed by atoms with Crippen molar-refractivity contribution in [1.82, 2.24) is 15.0 Å². The number of aromatic amines is 1. The van der Waals surface area contributed by atoms with Crippen LogP contribution in [-0.2, 0) is 12.2 Å². The molecule has 0 unspecified atom stereocenters. The Kier molecular flexibility index (Phi) is 4.85. The van der Waals surface area contributed by atoms with Crippen LogP contribution >= 0.6 is 11.8 Å². The average Bonchev–Trinajstić information content (AvgIpc) is 2.94. The van der Waals surface area contributed by atoms with Crippen molar-refractivity contribution in [3.8, 4) is 11.5 Å². The SMILES string of the molecule is CCc1cc(=O)[nH]c(SCc2nc(-c3ccc(C)cc3)oc2C)n1. The van der Waals surface area contributed by atoms with Crippen LogP contribution in [0.25, 0.3) is 11.5 Å². The number of nitrogens with one attached hydrogen (secondary N) is 1. The van der Waals surface area contributed by atoms with E-state index in [0.717, 1.165) is 29.1 Å². The van der Waals surface area contributed by atoms with E-state index in [1.165, 1.54) is 23.4 Å². The lowest BCUT2D eigenvalue weighted by molar-refractivity contribution is 0.540. The van der Waals surface area contributed by atoms with E-state index < -0.39 is 0 Å². The molecule has 6 heteroatoms. The summed E-state index contributed by atoms with van der Waals surface area (Å²) in [6, 6.07) is 9.60. The molecular weight excluding hydrogens is 322 g/mol. The van der Waals surface area contributed by atoms with Gasteiger partial charge < -0.3 is 9.40 Å². The predicted molar refractivity (Wildman–Crippen MR) is 95.2 cm³/mol. The summed E-state index contributed by atoms with van der Waals surface area (Å²) in [6.07, 6.45) is 0.734. The molecule has 0 spiro atoms. The Balaban J connectivity index is 1.78. The van der Waals surface area contributed by atoms with E-state index in [9.17, 15) is 4.79 Å². The Morgan fingerprint density at radius 1 is 1.17 bits per heavy atom. The molecule has 1 N–H and O–H groups in total. The molecule has 0 radical (unpaired) electrons. The van der Waals surface area contributed by atoms with Gasteiger partial charge >= 0.3 is 0 Å². The van der Waals surface area contributed by atoms with E-state index in [2.05, 4.69) is 15.0 Å². The first kappa shape index (κ1) is 16.5. The first-order chi connectivity index (χ1) is 11.5. The van der Waals surface area contributed by atoms with Crippen molar-refractivity contribution in [3.05, 3.63) is 63.4 Å². The highest BCUT2D eigenvalue weighted by Crippen LogP contribution is 2.26. The number of thioether (sulfide) groups is 1. The van der Waals surface area contributed by atoms with Crippen LogP contribution in [0.4, 0.5) is 0 Å². The second-order valence-electron chi connectivity index (χ2n) is 5.57. The van der Waals surface area contributed by atoms with Gasteiger partial charge in [0.2, 0.25) is 5.89 Å². The minimum absolute atomic E-state index is 0.124. The molecule has 2 aromatic heterocycles. The molecule has 0 aliphatic rings. The fourth-order valence-corrected chi connectivity index (χ4v) is 3.15. The Labute approximate surface area is 144 Å². The number of H-pyrrole nitrogens is 1. The quantitative estimate of drug-likeness (QED) is 0.563. The molecular formula is C18H19N3O2S. The molecule has 1 aromatic carbocycles. The molecule has 0 amide bonds. The Morgan fingerprint density at radius 2 is 1.92 bits per heavy atom. The second kappa shape index (κ2) is 7.05. The molecule has 2 heterocycles. The van der Waals surface area contributed by atoms with E-state index >= 15 is 0 Å². The summed E-state index contributed by atoms with van der Waals surface area (Å²) in [5, 5.41) is 0.610. The van der Waals surface area contributed by atoms with Crippen LogP contribution in [0.15, 0.2) is 44.7 Å². The third kappa shape index (κ3) is 3.76. The first-order valence-corrected chi connectivity index (χ1v) is 8.80. The highest BCUT2D eigenvalue weighted by molar-refractivity contribution is 7.98. The number of benzene rings is 1. The van der Waals surface area contributed by atoms with Crippen LogP contribution in [0.2, 0.25) is 0 Å². The Bertz CT molecular complexity index is 897. The van der Waals surface area contributed by atoms with Crippen LogP contribution in [0.3, 0.4) is 0 Å². The van der Waals surface area contributed by atoms with E-state index in [4.69, 9.17) is 4.42 Å². The van der Waals surface area contributed by atoms with Gasteiger partial charge in [-0.15, -0.1) is 0 Å². The van der Waals surface area contributed by atoms with Crippen molar-refractivity contribution < 1.29 is 4.42 Å². The van der Waals surface area contributed by atoms with Crippen molar-refractivity contribution in [2.24, 2.45) is 0 Å². The number of aryl methyl sites for hydroxylation is 3. The number of hydrogen-bond donors (Lipinski definition) is 1. The van der Waals surface area contributed by atoms with E-state index in [0.29, 0.717) is 16.8 Å². The molecule has 3 aromatic rings. The molecule has 24 heavy (non-hydrogen) atoms. The molecule has 0 aliphatic heterocycles. The van der Waals surface area contributed by atoms with Crippen LogP contribution < -0.4 is 5.56 Å². The largest absolute Gasteiger partial charge is 0.441 e. The summed E-state index contributed by atoms with van der Waals surface area (Å²) in [4.78, 5) is 23.4. The van der Waals surface area contributed by atoms with Crippen molar-refractivity contribution >= 4 is 11.8 Å². The lowest BCUT2D eigenvalue weighted by Crippen LogP contribution is -2.09. The van der Waals surface area contributed by atoms with Crippen molar-refractivity contribution in [2.75, 3.05) is 0 Å². The van der Waals surface area contributed by atoms with Crippen LogP contribution in [0, 0.1) is 13.8 Å². The van der Waals surface area contributed by atoms with E-state index in [1.54, 1.807) is 0 Å². The van der Waals surface area contributed by atoms with E-state index in [1.807, 2.05) is 45.0 Å². The van der Waals surface area contributed by atoms with Crippen molar-refractivity contribution in [1.29, 1.82) is 0 Å². The van der Waals surface area contributed by atoms with Gasteiger partial charge in [-0.3, -0.25) is 4.79 Å². The minimum Gasteiger partial charge on any atom is -0.441 e. The molecule has 0 atom stereocenters. The highest BCUT2D eigenvalue weighted by atomic mass is 32.2. The zero-order chi connectivity index (χ0) is 17.1. The van der Waals surface area contributed by atoms with Gasteiger partial charge in [0.25, 0.3) is 5.56 Å². The average molecular weight is 341 g/mol. The zero-order valence-corrected chi connectivity index (χ0v) is 14.7. The number of hydrogen-bond acceptors (Lipinski definition) is 5. The number of nitrogens with zero attached hydrogens (tertiary/aromatic N) is 2. The van der Waals surface area contributed by atoms with Gasteiger partial charge in [0, 0.05) is 23.1 Å². The van der Waals surface area contributed by atoms with Gasteiger partial charge in [0.05, 0.1) is 5.69 Å². The molecule has 5 nitrogen and oxygen atoms in total. The van der Waals surface area contributed by atoms with Crippen molar-refractivity contribution in [3.63, 3.8) is 0 Å². The summed E-state index contributed by atoms with van der Waals surface area (Å²) >= 11 is 1.45. The predicted octanol–water partition coefficient (Wildman–Crippen LogP) is 3.90. The third-order valence-electron chi connectivity index (χ3n) is 3.67. The van der Waals surface area contributed by atoms with Gasteiger partial charge in [-0.2, -0.15) is 0 Å². The highest BCUT2D eigenvalue weighted by Gasteiger charge is 2.12. The van der Waals surface area contributed by atoms with Crippen LogP contribution in [-0.4, -0.2) is 15.0 Å². The summed E-state index contributed by atoms with van der Waals surface area (Å²) in [7, 11) is 0. The maximum Gasteiger partial charge on any atom is 0.251 e. The third-order valence-corrected chi connectivity index (χ3v) is 4.56. The second-order valence-corrected chi connectivity index (χ2v) is 6.54. The number of oxazole rings is 1. The normalized spacial score (nSPS) is 11.0. The summed E-state index contributed by atoms with van der Waals surface area (Å²) in [5.74, 6) is 2.00. The summed E-state index contributed by atoms with van der Waals surface area (Å²) in [5.41, 5.74) is 3.68. The van der Waals surface area contributed by atoms with Gasteiger partial charge in [0.15, 0.2) is 5.16 Å². The van der Waals surface area contributed by atoms with E-state index in [-0.39, 0.29) is 5.56 Å². The molecule has 124 valence electrons. The van der Waals surface area contributed by atoms with Crippen molar-refractivity contribution in [2.45, 2.75) is 38.1 Å². The minimum atomic E-state index is -0.124. The smallest absolute Gasteiger partial charge is 0.251 e. The summed E-state index contributed by atoms with van der Waals surface area (Å²) < 4.78 is 5.78. The molecule has 3 rings (SSSR count). The van der Waals surface area contributed by atoms with Gasteiger partial charge in [-0.1, -0.05) is 36.4 Å². The topological polar surface area (TPSA) is 71.8 Å². The lowest BCUT2D eigenvalue weighted by Gasteiger charge is -2.01. The van der Waals surface area contributed by atoms with Gasteiger partial charge in [-0.05, 0) is 32.4 Å². The molecule has 0 fully saturated rings. The first-order valence-electron chi connectivity index (χ1n) is 7.81. The summed E-state index contributed by atoms with van der Waals surface area (Å²) in [6.45, 7) is 5.93. The monoisotopic (exact) mass is 341 g/mol. The maximum atomic E-state index is 11.6. The fraction of sp³-hybridized carbons (Fsp3) is 0.278. The van der Waals surface area contributed by atoms with Gasteiger partial charge in [0.1, 0.15) is 5.76 Å². The Morgan fingerprint density at radius 3 is 2.62 bits per heavy atom. The van der Waals surface area contributed by atoms with Crippen LogP contribution in [0.5, 0.6) is 0 Å². The maximum absolute atomic E-state index is 11.6. The lowest BCUT2D eigenvalue weighted by atomic mass is 10.1. The molecule has 0 bridgehead atoms. The Hall–Kier alpha value is -2.34. The van der Waals surface area contributed by atoms with Crippen LogP contribution in [0.1, 0.15) is 29.6 Å². The molecule has 0 saturated carbocycles. The zero-order valence-electron chi connectivity index (χ0n) is 13.9. The molecule has 0 saturated heterocycles. The number of rotatable bonds is 5. The number of aromatic nitrogens is 3. The standard InChI is InChI=1S/C18H19N3O2S/c1-4-14-9-16(22)21-18(19-14)24-10-15-12(3)23-17(20-15)13-7-5-11(2)6-8-13/h5-9H,4,10H2,1-3H3,(H,19,21,22). The van der Waals surface area contributed by atoms with Gasteiger partial charge in [-0.25, -0.2) is 9.97 Å². The fourth-order valence-electron chi connectivity index (χ4n) is 2.25.